The Balaban J connectivity index is 0. The van der Waals surface area contributed by atoms with Crippen LogP contribution < -0.4 is 34.5 Å². The van der Waals surface area contributed by atoms with E-state index in [0.29, 0.717) is 6.42 Å². The zero-order valence-electron chi connectivity index (χ0n) is 5.13. The summed E-state index contributed by atoms with van der Waals surface area (Å²) in [6.45, 7) is 1.70. The van der Waals surface area contributed by atoms with Gasteiger partial charge in [0, 0.05) is 6.16 Å². The van der Waals surface area contributed by atoms with Gasteiger partial charge in [-0.1, -0.05) is 6.92 Å². The summed E-state index contributed by atoms with van der Waals surface area (Å²) in [6.07, 6.45) is 0.379. The smallest absolute Gasteiger partial charge is 0.779 e. The van der Waals surface area contributed by atoms with Crippen molar-refractivity contribution in [1.82, 2.24) is 0 Å². The maximum atomic E-state index is 9.81. The van der Waals surface area contributed by atoms with Crippen LogP contribution in [-0.2, 0) is 4.57 Å². The molecule has 0 aromatic heterocycles. The average Bonchev–Trinajstić information content (AvgIpc) is 1.30. The molecule has 0 amide bonds. The van der Waals surface area contributed by atoms with E-state index in [1.54, 1.807) is 6.92 Å². The maximum absolute atomic E-state index is 9.81. The Labute approximate surface area is 70.9 Å². The van der Waals surface area contributed by atoms with Crippen molar-refractivity contribution in [2.75, 3.05) is 6.16 Å². The van der Waals surface area contributed by atoms with Crippen molar-refractivity contribution in [3.05, 3.63) is 0 Å². The fourth-order valence-corrected chi connectivity index (χ4v) is 0.848. The van der Waals surface area contributed by atoms with Crippen molar-refractivity contribution in [1.29, 1.82) is 0 Å². The van der Waals surface area contributed by atoms with Gasteiger partial charge in [0.05, 0.1) is 0 Å². The summed E-state index contributed by atoms with van der Waals surface area (Å²) in [4.78, 5) is 17.8. The van der Waals surface area contributed by atoms with E-state index in [-0.39, 0.29) is 35.7 Å². The topological polar surface area (TPSA) is 60.4 Å². The van der Waals surface area contributed by atoms with Crippen molar-refractivity contribution in [3.63, 3.8) is 0 Å². The monoisotopic (exact) mass is 146 g/mol. The molecule has 0 aromatic rings. The van der Waals surface area contributed by atoms with Gasteiger partial charge in [-0.05, 0) is 6.42 Å². The molecule has 0 fully saturated rings. The molecule has 0 rings (SSSR count). The summed E-state index contributed by atoms with van der Waals surface area (Å²) >= 11 is 0. The summed E-state index contributed by atoms with van der Waals surface area (Å²) < 4.78 is 9.81. The minimum atomic E-state index is -3.92. The van der Waals surface area contributed by atoms with Gasteiger partial charge in [-0.2, -0.15) is 0 Å². The minimum Gasteiger partial charge on any atom is -0.779 e. The van der Waals surface area contributed by atoms with Gasteiger partial charge in [-0.25, -0.2) is 0 Å². The third kappa shape index (κ3) is 10.2. The zero-order chi connectivity index (χ0) is 5.91. The second-order valence-corrected chi connectivity index (χ2v) is 3.08. The molecule has 0 spiro atoms. The van der Waals surface area contributed by atoms with Crippen LogP contribution in [0.1, 0.15) is 13.3 Å². The van der Waals surface area contributed by atoms with Gasteiger partial charge < -0.3 is 14.4 Å². The summed E-state index contributed by atoms with van der Waals surface area (Å²) in [5.74, 6) is 0. The summed E-state index contributed by atoms with van der Waals surface area (Å²) in [6, 6.07) is 0. The van der Waals surface area contributed by atoms with E-state index >= 15 is 0 Å². The number of hydrogen-bond acceptors (Lipinski definition) is 2. The Morgan fingerprint density at radius 1 is 1.75 bits per heavy atom. The Morgan fingerprint density at radius 3 is 2.12 bits per heavy atom. The molecule has 0 bridgehead atoms. The minimum absolute atomic E-state index is 0. The molecule has 0 heterocycles. The number of hydrogen-bond donors (Lipinski definition) is 1. The summed E-state index contributed by atoms with van der Waals surface area (Å²) in [7, 11) is -3.92. The van der Waals surface area contributed by atoms with Crippen molar-refractivity contribution >= 4 is 7.60 Å². The number of rotatable bonds is 2. The SMILES string of the molecule is CCCP(=O)([O-])O.[Na+]. The van der Waals surface area contributed by atoms with E-state index in [2.05, 4.69) is 0 Å². The Morgan fingerprint density at radius 2 is 2.12 bits per heavy atom. The predicted molar refractivity (Wildman–Crippen MR) is 25.0 cm³/mol. The first kappa shape index (κ1) is 11.9. The Hall–Kier alpha value is 1.15. The molecular formula is C3H8NaO3P. The van der Waals surface area contributed by atoms with E-state index in [1.165, 1.54) is 0 Å². The first-order chi connectivity index (χ1) is 3.06. The molecule has 1 N–H and O–H groups in total. The largest absolute Gasteiger partial charge is 1.00 e. The first-order valence-corrected chi connectivity index (χ1v) is 3.85. The van der Waals surface area contributed by atoms with Crippen LogP contribution in [0.3, 0.4) is 0 Å². The Bertz CT molecular complexity index is 88.5. The van der Waals surface area contributed by atoms with E-state index in [0.717, 1.165) is 0 Å². The van der Waals surface area contributed by atoms with Gasteiger partial charge in [-0.15, -0.1) is 0 Å². The Kier molecular flexibility index (Phi) is 7.40. The van der Waals surface area contributed by atoms with Crippen LogP contribution in [0.25, 0.3) is 0 Å². The first-order valence-electron chi connectivity index (χ1n) is 2.09. The third-order valence-electron chi connectivity index (χ3n) is 0.506. The molecule has 8 heavy (non-hydrogen) atoms. The van der Waals surface area contributed by atoms with Crippen LogP contribution in [0.5, 0.6) is 0 Å². The zero-order valence-corrected chi connectivity index (χ0v) is 8.02. The second kappa shape index (κ2) is 4.98. The fraction of sp³-hybridized carbons (Fsp3) is 1.00. The molecule has 44 valence electrons. The predicted octanol–water partition coefficient (Wildman–Crippen LogP) is -3.05. The summed E-state index contributed by atoms with van der Waals surface area (Å²) in [5, 5.41) is 0. The average molecular weight is 146 g/mol. The molecule has 0 aliphatic carbocycles. The third-order valence-corrected chi connectivity index (χ3v) is 1.52. The van der Waals surface area contributed by atoms with Gasteiger partial charge in [0.1, 0.15) is 7.60 Å². The second-order valence-electron chi connectivity index (χ2n) is 1.36. The molecule has 5 heteroatoms. The van der Waals surface area contributed by atoms with Crippen LogP contribution in [0.15, 0.2) is 0 Å². The molecule has 0 radical (unpaired) electrons. The van der Waals surface area contributed by atoms with Crippen molar-refractivity contribution in [2.24, 2.45) is 0 Å². The molecule has 0 saturated heterocycles. The summed E-state index contributed by atoms with van der Waals surface area (Å²) in [5.41, 5.74) is 0. The van der Waals surface area contributed by atoms with Crippen LogP contribution in [0.2, 0.25) is 0 Å². The molecule has 0 aliphatic heterocycles. The van der Waals surface area contributed by atoms with E-state index < -0.39 is 7.60 Å². The fourth-order valence-electron chi connectivity index (χ4n) is 0.283. The van der Waals surface area contributed by atoms with Gasteiger partial charge >= 0.3 is 29.6 Å². The normalized spacial score (nSPS) is 16.4. The van der Waals surface area contributed by atoms with Crippen molar-refractivity contribution in [3.8, 4) is 0 Å². The molecule has 0 saturated carbocycles. The van der Waals surface area contributed by atoms with Crippen LogP contribution in [0, 0.1) is 0 Å². The van der Waals surface area contributed by atoms with E-state index in [1.807, 2.05) is 0 Å². The van der Waals surface area contributed by atoms with Crippen LogP contribution >= 0.6 is 7.60 Å². The molecule has 1 unspecified atom stereocenters. The van der Waals surface area contributed by atoms with Crippen molar-refractivity contribution < 1.29 is 43.9 Å². The maximum Gasteiger partial charge on any atom is 1.00 e. The standard InChI is InChI=1S/C3H9O3P.Na/c1-2-3-7(4,5)6;/h2-3H2,1H3,(H2,4,5,6);/q;+1/p-1. The quantitative estimate of drug-likeness (QED) is 0.332. The molecule has 3 nitrogen and oxygen atoms in total. The van der Waals surface area contributed by atoms with Gasteiger partial charge in [0.2, 0.25) is 0 Å². The molecule has 0 aliphatic rings. The molecular weight excluding hydrogens is 138 g/mol. The van der Waals surface area contributed by atoms with E-state index in [9.17, 15) is 9.46 Å². The van der Waals surface area contributed by atoms with Crippen molar-refractivity contribution in [2.45, 2.75) is 13.3 Å². The van der Waals surface area contributed by atoms with Crippen LogP contribution in [-0.4, -0.2) is 11.1 Å². The van der Waals surface area contributed by atoms with Gasteiger partial charge in [-0.3, -0.25) is 0 Å². The van der Waals surface area contributed by atoms with Crippen LogP contribution in [0.4, 0.5) is 0 Å². The molecule has 1 atom stereocenters. The van der Waals surface area contributed by atoms with Gasteiger partial charge in [0.25, 0.3) is 0 Å². The molecule has 0 aromatic carbocycles. The van der Waals surface area contributed by atoms with Gasteiger partial charge in [0.15, 0.2) is 0 Å². The van der Waals surface area contributed by atoms with E-state index in [4.69, 9.17) is 4.89 Å².